The molecule has 0 spiro atoms. The highest BCUT2D eigenvalue weighted by molar-refractivity contribution is 5.04. The van der Waals surface area contributed by atoms with Crippen molar-refractivity contribution in [2.45, 2.75) is 64.8 Å². The average molecular weight is 226 g/mol. The standard InChI is InChI=1S/C14H30N2/c1-5-6-11-16(4)14(12-15)10-8-7-9-13(14,2)3/h5-12,15H2,1-4H3. The Morgan fingerprint density at radius 2 is 1.81 bits per heavy atom. The van der Waals surface area contributed by atoms with Gasteiger partial charge >= 0.3 is 0 Å². The van der Waals surface area contributed by atoms with Crippen molar-refractivity contribution in [3.63, 3.8) is 0 Å². The summed E-state index contributed by atoms with van der Waals surface area (Å²) in [5, 5.41) is 0. The number of hydrogen-bond donors (Lipinski definition) is 1. The van der Waals surface area contributed by atoms with Gasteiger partial charge in [-0.15, -0.1) is 0 Å². The summed E-state index contributed by atoms with van der Waals surface area (Å²) in [6.07, 6.45) is 7.87. The summed E-state index contributed by atoms with van der Waals surface area (Å²) in [5.41, 5.74) is 6.74. The average Bonchev–Trinajstić information content (AvgIpc) is 2.25. The van der Waals surface area contributed by atoms with Gasteiger partial charge in [0.25, 0.3) is 0 Å². The highest BCUT2D eigenvalue weighted by Gasteiger charge is 2.47. The molecule has 2 heteroatoms. The Hall–Kier alpha value is -0.0800. The van der Waals surface area contributed by atoms with Crippen LogP contribution >= 0.6 is 0 Å². The maximum atomic E-state index is 6.14. The van der Waals surface area contributed by atoms with Crippen LogP contribution in [0.15, 0.2) is 0 Å². The molecule has 1 saturated carbocycles. The van der Waals surface area contributed by atoms with Gasteiger partial charge in [-0.1, -0.05) is 40.0 Å². The second kappa shape index (κ2) is 5.50. The fourth-order valence-corrected chi connectivity index (χ4v) is 3.41. The van der Waals surface area contributed by atoms with Crippen molar-refractivity contribution in [3.05, 3.63) is 0 Å². The van der Waals surface area contributed by atoms with E-state index >= 15 is 0 Å². The minimum atomic E-state index is 0.237. The lowest BCUT2D eigenvalue weighted by Gasteiger charge is -2.55. The number of hydrogen-bond acceptors (Lipinski definition) is 2. The van der Waals surface area contributed by atoms with E-state index in [2.05, 4.69) is 32.7 Å². The fraction of sp³-hybridized carbons (Fsp3) is 1.00. The van der Waals surface area contributed by atoms with Gasteiger partial charge in [0.1, 0.15) is 0 Å². The lowest BCUT2D eigenvalue weighted by molar-refractivity contribution is -0.0292. The fourth-order valence-electron chi connectivity index (χ4n) is 3.41. The van der Waals surface area contributed by atoms with Crippen molar-refractivity contribution >= 4 is 0 Å². The van der Waals surface area contributed by atoms with E-state index in [9.17, 15) is 0 Å². The number of likely N-dealkylation sites (N-methyl/N-ethyl adjacent to an activating group) is 1. The summed E-state index contributed by atoms with van der Waals surface area (Å²) in [7, 11) is 2.27. The predicted molar refractivity (Wildman–Crippen MR) is 71.6 cm³/mol. The van der Waals surface area contributed by atoms with Crippen molar-refractivity contribution < 1.29 is 0 Å². The molecule has 0 amide bonds. The zero-order valence-corrected chi connectivity index (χ0v) is 11.7. The predicted octanol–water partition coefficient (Wildman–Crippen LogP) is 3.02. The van der Waals surface area contributed by atoms with E-state index in [0.29, 0.717) is 5.41 Å². The quantitative estimate of drug-likeness (QED) is 0.781. The molecule has 0 saturated heterocycles. The molecule has 16 heavy (non-hydrogen) atoms. The van der Waals surface area contributed by atoms with E-state index in [1.54, 1.807) is 0 Å². The first-order chi connectivity index (χ1) is 7.50. The third-order valence-corrected chi connectivity index (χ3v) is 4.82. The van der Waals surface area contributed by atoms with E-state index in [1.165, 1.54) is 45.1 Å². The molecule has 0 aliphatic heterocycles. The van der Waals surface area contributed by atoms with E-state index < -0.39 is 0 Å². The van der Waals surface area contributed by atoms with Crippen LogP contribution < -0.4 is 5.73 Å². The Kier molecular flexibility index (Phi) is 4.81. The summed E-state index contributed by atoms with van der Waals surface area (Å²) < 4.78 is 0. The summed E-state index contributed by atoms with van der Waals surface area (Å²) in [6, 6.07) is 0. The molecule has 2 nitrogen and oxygen atoms in total. The Bertz CT molecular complexity index is 213. The van der Waals surface area contributed by atoms with Gasteiger partial charge < -0.3 is 5.73 Å². The molecule has 0 bridgehead atoms. The number of rotatable bonds is 5. The van der Waals surface area contributed by atoms with Crippen LogP contribution in [0, 0.1) is 5.41 Å². The minimum Gasteiger partial charge on any atom is -0.329 e. The first-order valence-corrected chi connectivity index (χ1v) is 6.91. The third kappa shape index (κ3) is 2.43. The van der Waals surface area contributed by atoms with Gasteiger partial charge in [0.15, 0.2) is 0 Å². The van der Waals surface area contributed by atoms with Gasteiger partial charge in [-0.05, 0) is 38.3 Å². The van der Waals surface area contributed by atoms with Crippen molar-refractivity contribution in [1.82, 2.24) is 4.90 Å². The largest absolute Gasteiger partial charge is 0.329 e. The molecule has 1 unspecified atom stereocenters. The first-order valence-electron chi connectivity index (χ1n) is 6.91. The number of unbranched alkanes of at least 4 members (excludes halogenated alkanes) is 1. The van der Waals surface area contributed by atoms with E-state index in [4.69, 9.17) is 5.73 Å². The SMILES string of the molecule is CCCCN(C)C1(CN)CCCCC1(C)C. The Morgan fingerprint density at radius 1 is 1.19 bits per heavy atom. The van der Waals surface area contributed by atoms with Crippen LogP contribution in [0.3, 0.4) is 0 Å². The molecular formula is C14H30N2. The second-order valence-electron chi connectivity index (χ2n) is 6.10. The van der Waals surface area contributed by atoms with Crippen LogP contribution in [-0.4, -0.2) is 30.6 Å². The van der Waals surface area contributed by atoms with Crippen LogP contribution in [0.25, 0.3) is 0 Å². The lowest BCUT2D eigenvalue weighted by atomic mass is 9.62. The second-order valence-corrected chi connectivity index (χ2v) is 6.10. The van der Waals surface area contributed by atoms with Crippen LogP contribution in [-0.2, 0) is 0 Å². The van der Waals surface area contributed by atoms with Gasteiger partial charge in [0.05, 0.1) is 0 Å². The number of nitrogens with two attached hydrogens (primary N) is 1. The van der Waals surface area contributed by atoms with E-state index in [0.717, 1.165) is 6.54 Å². The van der Waals surface area contributed by atoms with Gasteiger partial charge in [0.2, 0.25) is 0 Å². The Balaban J connectivity index is 2.80. The molecule has 2 N–H and O–H groups in total. The lowest BCUT2D eigenvalue weighted by Crippen LogP contribution is -2.62. The molecule has 1 fully saturated rings. The molecule has 1 aliphatic rings. The highest BCUT2D eigenvalue weighted by atomic mass is 15.2. The minimum absolute atomic E-state index is 0.237. The van der Waals surface area contributed by atoms with E-state index in [-0.39, 0.29) is 5.54 Å². The van der Waals surface area contributed by atoms with Crippen LogP contribution in [0.2, 0.25) is 0 Å². The van der Waals surface area contributed by atoms with Crippen molar-refractivity contribution in [1.29, 1.82) is 0 Å². The summed E-state index contributed by atoms with van der Waals surface area (Å²) in [4.78, 5) is 2.55. The normalized spacial score (nSPS) is 29.6. The molecule has 1 rings (SSSR count). The molecule has 0 aromatic heterocycles. The monoisotopic (exact) mass is 226 g/mol. The maximum absolute atomic E-state index is 6.14. The van der Waals surface area contributed by atoms with Gasteiger partial charge in [0, 0.05) is 12.1 Å². The Morgan fingerprint density at radius 3 is 2.31 bits per heavy atom. The summed E-state index contributed by atoms with van der Waals surface area (Å²) >= 11 is 0. The van der Waals surface area contributed by atoms with Gasteiger partial charge in [-0.25, -0.2) is 0 Å². The molecule has 1 atom stereocenters. The molecule has 0 aromatic rings. The molecular weight excluding hydrogens is 196 g/mol. The summed E-state index contributed by atoms with van der Waals surface area (Å²) in [5.74, 6) is 0. The topological polar surface area (TPSA) is 29.3 Å². The van der Waals surface area contributed by atoms with Crippen molar-refractivity contribution in [2.75, 3.05) is 20.1 Å². The zero-order chi connectivity index (χ0) is 12.2. The maximum Gasteiger partial charge on any atom is 0.0379 e. The molecule has 0 heterocycles. The van der Waals surface area contributed by atoms with Crippen LogP contribution in [0.5, 0.6) is 0 Å². The van der Waals surface area contributed by atoms with E-state index in [1.807, 2.05) is 0 Å². The Labute approximate surface area is 102 Å². The van der Waals surface area contributed by atoms with Gasteiger partial charge in [-0.3, -0.25) is 4.90 Å². The molecule has 0 radical (unpaired) electrons. The van der Waals surface area contributed by atoms with Crippen molar-refractivity contribution in [3.8, 4) is 0 Å². The van der Waals surface area contributed by atoms with Gasteiger partial charge in [-0.2, -0.15) is 0 Å². The smallest absolute Gasteiger partial charge is 0.0379 e. The third-order valence-electron chi connectivity index (χ3n) is 4.82. The van der Waals surface area contributed by atoms with Crippen LogP contribution in [0.4, 0.5) is 0 Å². The highest BCUT2D eigenvalue weighted by Crippen LogP contribution is 2.46. The summed E-state index contributed by atoms with van der Waals surface area (Å²) in [6.45, 7) is 9.06. The molecule has 0 aromatic carbocycles. The zero-order valence-electron chi connectivity index (χ0n) is 11.7. The van der Waals surface area contributed by atoms with Crippen molar-refractivity contribution in [2.24, 2.45) is 11.1 Å². The first kappa shape index (κ1) is 14.0. The molecule has 1 aliphatic carbocycles. The molecule has 96 valence electrons. The van der Waals surface area contributed by atoms with Crippen LogP contribution in [0.1, 0.15) is 59.3 Å². The number of nitrogens with zero attached hydrogens (tertiary/aromatic N) is 1.